The number of likely N-dealkylation sites (tertiary alicyclic amines) is 1. The van der Waals surface area contributed by atoms with Gasteiger partial charge in [0.2, 0.25) is 0 Å². The fourth-order valence-electron chi connectivity index (χ4n) is 3.73. The lowest BCUT2D eigenvalue weighted by Gasteiger charge is -2.37. The van der Waals surface area contributed by atoms with Crippen LogP contribution in [0.1, 0.15) is 19.8 Å². The second kappa shape index (κ2) is 7.25. The van der Waals surface area contributed by atoms with E-state index in [2.05, 4.69) is 27.0 Å². The zero-order chi connectivity index (χ0) is 18.9. The van der Waals surface area contributed by atoms with Gasteiger partial charge in [-0.05, 0) is 26.8 Å². The molecule has 3 aromatic rings. The molecule has 4 rings (SSSR count). The molecule has 0 unspecified atom stereocenters. The molecule has 2 aromatic heterocycles. The molecule has 0 radical (unpaired) electrons. The van der Waals surface area contributed by atoms with Crippen LogP contribution in [0.3, 0.4) is 0 Å². The molecule has 0 spiro atoms. The molecule has 0 amide bonds. The third kappa shape index (κ3) is 3.52. The Kier molecular flexibility index (Phi) is 4.80. The van der Waals surface area contributed by atoms with Crippen molar-refractivity contribution in [1.82, 2.24) is 29.2 Å². The van der Waals surface area contributed by atoms with Crippen molar-refractivity contribution in [3.63, 3.8) is 0 Å². The minimum Gasteiger partial charge on any atom is -0.388 e. The van der Waals surface area contributed by atoms with E-state index in [9.17, 15) is 5.11 Å². The molecule has 1 aliphatic heterocycles. The second-order valence-electron chi connectivity index (χ2n) is 7.36. The number of aromatic nitrogens is 5. The fraction of sp³-hybridized carbons (Fsp3) is 0.450. The maximum atomic E-state index is 11.2. The quantitative estimate of drug-likeness (QED) is 0.750. The molecule has 27 heavy (non-hydrogen) atoms. The van der Waals surface area contributed by atoms with Gasteiger partial charge in [0, 0.05) is 25.2 Å². The summed E-state index contributed by atoms with van der Waals surface area (Å²) in [6.07, 6.45) is 4.91. The van der Waals surface area contributed by atoms with Crippen LogP contribution in [-0.4, -0.2) is 60.1 Å². The molecule has 1 N–H and O–H groups in total. The van der Waals surface area contributed by atoms with Crippen LogP contribution in [0.25, 0.3) is 22.8 Å². The highest BCUT2D eigenvalue weighted by atomic mass is 16.3. The van der Waals surface area contributed by atoms with Gasteiger partial charge >= 0.3 is 0 Å². The Bertz CT molecular complexity index is 892. The number of hydrogen-bond acceptors (Lipinski definition) is 5. The molecule has 1 aromatic carbocycles. The van der Waals surface area contributed by atoms with Gasteiger partial charge < -0.3 is 14.6 Å². The number of hydrogen-bond donors (Lipinski definition) is 1. The van der Waals surface area contributed by atoms with Crippen molar-refractivity contribution in [2.24, 2.45) is 0 Å². The monoisotopic (exact) mass is 366 g/mol. The van der Waals surface area contributed by atoms with Crippen molar-refractivity contribution in [1.29, 1.82) is 0 Å². The molecule has 1 aliphatic rings. The van der Waals surface area contributed by atoms with E-state index in [-0.39, 0.29) is 0 Å². The predicted octanol–water partition coefficient (Wildman–Crippen LogP) is 2.29. The van der Waals surface area contributed by atoms with E-state index in [0.717, 1.165) is 55.3 Å². The highest BCUT2D eigenvalue weighted by Crippen LogP contribution is 2.32. The number of aryl methyl sites for hydroxylation is 1. The van der Waals surface area contributed by atoms with Gasteiger partial charge in [0.15, 0.2) is 5.82 Å². The van der Waals surface area contributed by atoms with Crippen molar-refractivity contribution in [2.75, 3.05) is 20.1 Å². The number of benzene rings is 1. The summed E-state index contributed by atoms with van der Waals surface area (Å²) in [5.41, 5.74) is 2.09. The number of rotatable bonds is 5. The lowest BCUT2D eigenvalue weighted by molar-refractivity contribution is -0.0288. The smallest absolute Gasteiger partial charge is 0.177 e. The minimum atomic E-state index is -0.729. The number of imidazole rings is 1. The van der Waals surface area contributed by atoms with Gasteiger partial charge in [0.1, 0.15) is 12.0 Å². The van der Waals surface area contributed by atoms with Crippen LogP contribution >= 0.6 is 0 Å². The molecule has 7 heteroatoms. The standard InChI is InChI=1S/C20H26N6O/c1-3-26-19(21-14-23-26)18-17(16-7-5-4-6-8-16)22-15-25(18)13-20(27)9-11-24(2)12-10-20/h4-8,14-15,27H,3,9-13H2,1-2H3. The Labute approximate surface area is 159 Å². The minimum absolute atomic E-state index is 0.507. The Morgan fingerprint density at radius 1 is 1.11 bits per heavy atom. The van der Waals surface area contributed by atoms with Gasteiger partial charge in [-0.2, -0.15) is 5.10 Å². The van der Waals surface area contributed by atoms with Gasteiger partial charge in [-0.25, -0.2) is 14.6 Å². The van der Waals surface area contributed by atoms with Gasteiger partial charge in [-0.1, -0.05) is 30.3 Å². The molecule has 0 bridgehead atoms. The first kappa shape index (κ1) is 17.9. The van der Waals surface area contributed by atoms with Crippen LogP contribution in [0.15, 0.2) is 43.0 Å². The largest absolute Gasteiger partial charge is 0.388 e. The van der Waals surface area contributed by atoms with Gasteiger partial charge in [0.25, 0.3) is 0 Å². The second-order valence-corrected chi connectivity index (χ2v) is 7.36. The van der Waals surface area contributed by atoms with Crippen LogP contribution in [-0.2, 0) is 13.1 Å². The Hall–Kier alpha value is -2.51. The molecular weight excluding hydrogens is 340 g/mol. The van der Waals surface area contributed by atoms with Crippen molar-refractivity contribution in [3.05, 3.63) is 43.0 Å². The first-order valence-corrected chi connectivity index (χ1v) is 9.49. The van der Waals surface area contributed by atoms with Crippen LogP contribution in [0.5, 0.6) is 0 Å². The zero-order valence-corrected chi connectivity index (χ0v) is 15.9. The molecular formula is C20H26N6O. The average Bonchev–Trinajstić information content (AvgIpc) is 3.31. The molecule has 0 saturated carbocycles. The number of aliphatic hydroxyl groups is 1. The normalized spacial score (nSPS) is 17.3. The van der Waals surface area contributed by atoms with E-state index in [1.165, 1.54) is 0 Å². The van der Waals surface area contributed by atoms with E-state index < -0.39 is 5.60 Å². The van der Waals surface area contributed by atoms with Gasteiger partial charge in [0.05, 0.1) is 24.2 Å². The summed E-state index contributed by atoms with van der Waals surface area (Å²) < 4.78 is 3.92. The maximum absolute atomic E-state index is 11.2. The van der Waals surface area contributed by atoms with Crippen LogP contribution in [0, 0.1) is 0 Å². The lowest BCUT2D eigenvalue weighted by atomic mass is 9.91. The van der Waals surface area contributed by atoms with Crippen molar-refractivity contribution >= 4 is 0 Å². The Morgan fingerprint density at radius 2 is 1.85 bits per heavy atom. The Balaban J connectivity index is 1.77. The van der Waals surface area contributed by atoms with E-state index in [1.54, 1.807) is 6.33 Å². The summed E-state index contributed by atoms with van der Waals surface area (Å²) in [5, 5.41) is 15.5. The predicted molar refractivity (Wildman–Crippen MR) is 104 cm³/mol. The van der Waals surface area contributed by atoms with E-state index in [1.807, 2.05) is 52.8 Å². The molecule has 0 atom stereocenters. The van der Waals surface area contributed by atoms with Crippen LogP contribution in [0.4, 0.5) is 0 Å². The lowest BCUT2D eigenvalue weighted by Crippen LogP contribution is -2.45. The highest BCUT2D eigenvalue weighted by molar-refractivity contribution is 5.75. The number of piperidine rings is 1. The van der Waals surface area contributed by atoms with E-state index >= 15 is 0 Å². The van der Waals surface area contributed by atoms with Crippen molar-refractivity contribution in [3.8, 4) is 22.8 Å². The fourth-order valence-corrected chi connectivity index (χ4v) is 3.73. The first-order chi connectivity index (χ1) is 13.1. The summed E-state index contributed by atoms with van der Waals surface area (Å²) in [7, 11) is 2.10. The van der Waals surface area contributed by atoms with Crippen LogP contribution < -0.4 is 0 Å². The number of nitrogens with zero attached hydrogens (tertiary/aromatic N) is 6. The molecule has 0 aliphatic carbocycles. The van der Waals surface area contributed by atoms with E-state index in [0.29, 0.717) is 6.54 Å². The highest BCUT2D eigenvalue weighted by Gasteiger charge is 2.33. The summed E-state index contributed by atoms with van der Waals surface area (Å²) in [4.78, 5) is 11.5. The molecule has 1 fully saturated rings. The van der Waals surface area contributed by atoms with Gasteiger partial charge in [-0.15, -0.1) is 0 Å². The van der Waals surface area contributed by atoms with Crippen molar-refractivity contribution < 1.29 is 5.11 Å². The third-order valence-corrected chi connectivity index (χ3v) is 5.39. The van der Waals surface area contributed by atoms with Gasteiger partial charge in [-0.3, -0.25) is 0 Å². The van der Waals surface area contributed by atoms with Crippen molar-refractivity contribution in [2.45, 2.75) is 38.5 Å². The first-order valence-electron chi connectivity index (χ1n) is 9.49. The third-order valence-electron chi connectivity index (χ3n) is 5.39. The summed E-state index contributed by atoms with van der Waals surface area (Å²) in [6, 6.07) is 10.1. The maximum Gasteiger partial charge on any atom is 0.177 e. The molecule has 7 nitrogen and oxygen atoms in total. The average molecular weight is 366 g/mol. The Morgan fingerprint density at radius 3 is 2.56 bits per heavy atom. The molecule has 3 heterocycles. The summed E-state index contributed by atoms with van der Waals surface area (Å²) in [6.45, 7) is 5.08. The molecule has 1 saturated heterocycles. The van der Waals surface area contributed by atoms with E-state index in [4.69, 9.17) is 0 Å². The molecule has 142 valence electrons. The van der Waals surface area contributed by atoms with Crippen LogP contribution in [0.2, 0.25) is 0 Å². The summed E-state index contributed by atoms with van der Waals surface area (Å²) >= 11 is 0. The summed E-state index contributed by atoms with van der Waals surface area (Å²) in [5.74, 6) is 0.783. The zero-order valence-electron chi connectivity index (χ0n) is 15.9. The topological polar surface area (TPSA) is 72.0 Å². The SMILES string of the molecule is CCn1ncnc1-c1c(-c2ccccc2)ncn1CC1(O)CCN(C)CC1.